The number of carbonyl (C=O) groups is 1. The summed E-state index contributed by atoms with van der Waals surface area (Å²) < 4.78 is 32.2. The van der Waals surface area contributed by atoms with Gasteiger partial charge in [-0.25, -0.2) is 4.39 Å². The summed E-state index contributed by atoms with van der Waals surface area (Å²) in [6.07, 6.45) is 0.0184. The average molecular weight is 444 g/mol. The number of hydrogen-bond acceptors (Lipinski definition) is 6. The minimum Gasteiger partial charge on any atom is -0.493 e. The summed E-state index contributed by atoms with van der Waals surface area (Å²) in [7, 11) is 6.06. The number of anilines is 2. The average Bonchev–Trinajstić information content (AvgIpc) is 3.07. The second-order valence-electron chi connectivity index (χ2n) is 7.01. The molecule has 0 N–H and O–H groups in total. The third-order valence-electron chi connectivity index (χ3n) is 5.35. The first-order valence-electron chi connectivity index (χ1n) is 9.48. The number of aromatic nitrogens is 1. The van der Waals surface area contributed by atoms with Crippen LogP contribution in [0.5, 0.6) is 17.2 Å². The van der Waals surface area contributed by atoms with Crippen LogP contribution in [0.15, 0.2) is 41.2 Å². The summed E-state index contributed by atoms with van der Waals surface area (Å²) in [6, 6.07) is 9.62. The Labute approximate surface area is 182 Å². The molecule has 1 aromatic heterocycles. The van der Waals surface area contributed by atoms with Gasteiger partial charge in [0.2, 0.25) is 11.7 Å². The lowest BCUT2D eigenvalue weighted by Gasteiger charge is -2.32. The number of ether oxygens (including phenoxy) is 3. The number of halogens is 1. The highest BCUT2D eigenvalue weighted by molar-refractivity contribution is 7.10. The third-order valence-corrected chi connectivity index (χ3v) is 6.49. The van der Waals surface area contributed by atoms with E-state index in [4.69, 9.17) is 14.2 Å². The van der Waals surface area contributed by atoms with Crippen molar-refractivity contribution in [2.75, 3.05) is 26.2 Å². The number of amides is 1. The number of rotatable bonds is 5. The van der Waals surface area contributed by atoms with E-state index < -0.39 is 11.7 Å². The summed E-state index contributed by atoms with van der Waals surface area (Å²) in [4.78, 5) is 27.8. The van der Waals surface area contributed by atoms with E-state index in [-0.39, 0.29) is 17.2 Å². The SMILES string of the molecule is COc1cc(N2C(=O)CC(c3ccccc3F)c3sc(=O)n(C)c32)cc(OC)c1OC. The predicted molar refractivity (Wildman–Crippen MR) is 116 cm³/mol. The molecule has 3 aromatic rings. The van der Waals surface area contributed by atoms with Crippen LogP contribution in [0.4, 0.5) is 15.9 Å². The van der Waals surface area contributed by atoms with Gasteiger partial charge in [0, 0.05) is 31.5 Å². The molecule has 1 unspecified atom stereocenters. The van der Waals surface area contributed by atoms with Crippen LogP contribution < -0.4 is 24.0 Å². The highest BCUT2D eigenvalue weighted by Crippen LogP contribution is 2.48. The third kappa shape index (κ3) is 3.34. The van der Waals surface area contributed by atoms with E-state index in [1.165, 1.54) is 36.9 Å². The molecule has 0 bridgehead atoms. The zero-order valence-corrected chi connectivity index (χ0v) is 18.3. The fourth-order valence-electron chi connectivity index (χ4n) is 3.90. The molecule has 0 fully saturated rings. The number of nitrogens with zero attached hydrogens (tertiary/aromatic N) is 2. The van der Waals surface area contributed by atoms with E-state index in [2.05, 4.69) is 0 Å². The van der Waals surface area contributed by atoms with Crippen molar-refractivity contribution in [3.8, 4) is 17.2 Å². The Hall–Kier alpha value is -3.33. The topological polar surface area (TPSA) is 70.0 Å². The van der Waals surface area contributed by atoms with Crippen LogP contribution in [-0.2, 0) is 11.8 Å². The summed E-state index contributed by atoms with van der Waals surface area (Å²) >= 11 is 1.02. The van der Waals surface area contributed by atoms with Crippen molar-refractivity contribution >= 4 is 28.7 Å². The summed E-state index contributed by atoms with van der Waals surface area (Å²) in [5.74, 6) is 0.335. The van der Waals surface area contributed by atoms with E-state index in [1.54, 1.807) is 37.4 Å². The van der Waals surface area contributed by atoms with Crippen molar-refractivity contribution in [3.05, 3.63) is 62.3 Å². The van der Waals surface area contributed by atoms with Crippen LogP contribution >= 0.6 is 11.3 Å². The molecule has 9 heteroatoms. The van der Waals surface area contributed by atoms with E-state index in [0.29, 0.717) is 39.2 Å². The molecular weight excluding hydrogens is 423 g/mol. The minimum atomic E-state index is -0.541. The lowest BCUT2D eigenvalue weighted by Crippen LogP contribution is -2.35. The normalized spacial score (nSPS) is 15.6. The molecule has 0 saturated carbocycles. The molecule has 0 spiro atoms. The van der Waals surface area contributed by atoms with Crippen molar-refractivity contribution in [3.63, 3.8) is 0 Å². The molecule has 2 aromatic carbocycles. The van der Waals surface area contributed by atoms with E-state index in [0.717, 1.165) is 11.3 Å². The Bertz CT molecular complexity index is 1190. The van der Waals surface area contributed by atoms with Crippen molar-refractivity contribution in [2.24, 2.45) is 7.05 Å². The van der Waals surface area contributed by atoms with Crippen molar-refractivity contribution < 1.29 is 23.4 Å². The molecule has 7 nitrogen and oxygen atoms in total. The maximum absolute atomic E-state index is 14.6. The fraction of sp³-hybridized carbons (Fsp3) is 0.273. The van der Waals surface area contributed by atoms with Gasteiger partial charge in [-0.2, -0.15) is 0 Å². The molecule has 0 radical (unpaired) electrons. The highest BCUT2D eigenvalue weighted by Gasteiger charge is 2.39. The smallest absolute Gasteiger partial charge is 0.308 e. The van der Waals surface area contributed by atoms with Crippen LogP contribution in [0.2, 0.25) is 0 Å². The number of fused-ring (bicyclic) bond motifs is 1. The zero-order valence-electron chi connectivity index (χ0n) is 17.5. The summed E-state index contributed by atoms with van der Waals surface area (Å²) in [5, 5.41) is 0. The monoisotopic (exact) mass is 444 g/mol. The van der Waals surface area contributed by atoms with Gasteiger partial charge in [-0.3, -0.25) is 19.1 Å². The van der Waals surface area contributed by atoms with Gasteiger partial charge in [0.15, 0.2) is 11.5 Å². The number of thiazole rings is 1. The second-order valence-corrected chi connectivity index (χ2v) is 8.00. The lowest BCUT2D eigenvalue weighted by molar-refractivity contribution is -0.118. The maximum Gasteiger partial charge on any atom is 0.308 e. The van der Waals surface area contributed by atoms with E-state index in [1.807, 2.05) is 0 Å². The summed E-state index contributed by atoms with van der Waals surface area (Å²) in [6.45, 7) is 0. The largest absolute Gasteiger partial charge is 0.493 e. The Morgan fingerprint density at radius 2 is 1.68 bits per heavy atom. The Morgan fingerprint density at radius 3 is 2.26 bits per heavy atom. The zero-order chi connectivity index (χ0) is 22.3. The summed E-state index contributed by atoms with van der Waals surface area (Å²) in [5.41, 5.74) is 0.852. The molecule has 1 amide bonds. The molecule has 4 rings (SSSR count). The first-order valence-corrected chi connectivity index (χ1v) is 10.3. The van der Waals surface area contributed by atoms with Crippen LogP contribution in [0, 0.1) is 5.82 Å². The number of benzene rings is 2. The van der Waals surface area contributed by atoms with Gasteiger partial charge in [0.05, 0.1) is 31.9 Å². The lowest BCUT2D eigenvalue weighted by atomic mass is 9.90. The van der Waals surface area contributed by atoms with Crippen LogP contribution in [0.25, 0.3) is 0 Å². The molecule has 162 valence electrons. The van der Waals surface area contributed by atoms with Crippen LogP contribution in [0.1, 0.15) is 22.8 Å². The molecular formula is C22H21FN2O5S. The van der Waals surface area contributed by atoms with Gasteiger partial charge >= 0.3 is 4.87 Å². The minimum absolute atomic E-state index is 0.0184. The fourth-order valence-corrected chi connectivity index (χ4v) is 4.98. The van der Waals surface area contributed by atoms with Crippen LogP contribution in [-0.4, -0.2) is 31.8 Å². The second kappa shape index (κ2) is 8.07. The van der Waals surface area contributed by atoms with Crippen molar-refractivity contribution in [1.29, 1.82) is 0 Å². The van der Waals surface area contributed by atoms with Crippen molar-refractivity contribution in [1.82, 2.24) is 4.57 Å². The molecule has 1 aliphatic heterocycles. The molecule has 1 atom stereocenters. The molecule has 0 saturated heterocycles. The quantitative estimate of drug-likeness (QED) is 0.599. The molecule has 31 heavy (non-hydrogen) atoms. The number of hydrogen-bond donors (Lipinski definition) is 0. The Morgan fingerprint density at radius 1 is 1.03 bits per heavy atom. The van der Waals surface area contributed by atoms with E-state index in [9.17, 15) is 14.0 Å². The Balaban J connectivity index is 1.93. The van der Waals surface area contributed by atoms with Gasteiger partial charge in [-0.05, 0) is 11.6 Å². The Kier molecular flexibility index (Phi) is 5.45. The van der Waals surface area contributed by atoms with Gasteiger partial charge < -0.3 is 14.2 Å². The first kappa shape index (κ1) is 20.9. The van der Waals surface area contributed by atoms with Gasteiger partial charge in [-0.15, -0.1) is 0 Å². The maximum atomic E-state index is 14.6. The van der Waals surface area contributed by atoms with Gasteiger partial charge in [0.1, 0.15) is 11.6 Å². The molecule has 2 heterocycles. The highest BCUT2D eigenvalue weighted by atomic mass is 32.1. The standard InChI is InChI=1S/C22H21FN2O5S/c1-24-21-20(31-22(24)27)14(13-7-5-6-8-15(13)23)11-18(26)25(21)12-9-16(28-2)19(30-4)17(10-12)29-3/h5-10,14H,11H2,1-4H3. The van der Waals surface area contributed by atoms with Crippen LogP contribution in [0.3, 0.4) is 0 Å². The van der Waals surface area contributed by atoms with E-state index >= 15 is 0 Å². The molecule has 1 aliphatic rings. The first-order chi connectivity index (χ1) is 14.9. The predicted octanol–water partition coefficient (Wildman–Crippen LogP) is 3.81. The van der Waals surface area contributed by atoms with Crippen molar-refractivity contribution in [2.45, 2.75) is 12.3 Å². The number of methoxy groups -OCH3 is 3. The van der Waals surface area contributed by atoms with Gasteiger partial charge in [-0.1, -0.05) is 29.5 Å². The number of carbonyl (C=O) groups excluding carboxylic acids is 1. The van der Waals surface area contributed by atoms with Gasteiger partial charge in [0.25, 0.3) is 0 Å². The molecule has 0 aliphatic carbocycles.